The minimum Gasteiger partial charge on any atom is -0.323 e. The van der Waals surface area contributed by atoms with Gasteiger partial charge in [-0.05, 0) is 18.4 Å². The van der Waals surface area contributed by atoms with Gasteiger partial charge in [-0.1, -0.05) is 30.3 Å². The lowest BCUT2D eigenvalue weighted by Gasteiger charge is -2.09. The van der Waals surface area contributed by atoms with Crippen LogP contribution in [0.1, 0.15) is 12.0 Å². The van der Waals surface area contributed by atoms with E-state index in [1.54, 1.807) is 0 Å². The molecular formula is C10H14ClF2N. The molecule has 0 heterocycles. The second-order valence-corrected chi connectivity index (χ2v) is 3.02. The molecule has 1 rings (SSSR count). The zero-order valence-electron chi connectivity index (χ0n) is 7.70. The second kappa shape index (κ2) is 6.74. The predicted molar refractivity (Wildman–Crippen MR) is 56.0 cm³/mol. The van der Waals surface area contributed by atoms with Crippen LogP contribution in [0, 0.1) is 0 Å². The van der Waals surface area contributed by atoms with Crippen molar-refractivity contribution in [3.63, 3.8) is 0 Å². The van der Waals surface area contributed by atoms with E-state index < -0.39 is 12.5 Å². The quantitative estimate of drug-likeness (QED) is 0.831. The first-order chi connectivity index (χ1) is 6.20. The van der Waals surface area contributed by atoms with Crippen molar-refractivity contribution in [2.75, 3.05) is 0 Å². The molecular weight excluding hydrogens is 208 g/mol. The Morgan fingerprint density at radius 1 is 1.14 bits per heavy atom. The lowest BCUT2D eigenvalue weighted by Crippen LogP contribution is -2.28. The second-order valence-electron chi connectivity index (χ2n) is 3.02. The fraction of sp³-hybridized carbons (Fsp3) is 0.400. The van der Waals surface area contributed by atoms with Crippen molar-refractivity contribution in [1.82, 2.24) is 0 Å². The molecule has 0 aliphatic rings. The monoisotopic (exact) mass is 221 g/mol. The fourth-order valence-electron chi connectivity index (χ4n) is 1.10. The number of hydrogen-bond donors (Lipinski definition) is 1. The number of aryl methyl sites for hydroxylation is 1. The SMILES string of the molecule is Cl.NC(CCc1ccccc1)C(F)F. The molecule has 0 aliphatic carbocycles. The highest BCUT2D eigenvalue weighted by Crippen LogP contribution is 2.08. The Balaban J connectivity index is 0.00000169. The van der Waals surface area contributed by atoms with Gasteiger partial charge in [-0.3, -0.25) is 0 Å². The van der Waals surface area contributed by atoms with Gasteiger partial charge in [0.2, 0.25) is 0 Å². The molecule has 0 amide bonds. The minimum atomic E-state index is -2.41. The predicted octanol–water partition coefficient (Wildman–Crippen LogP) is 2.63. The molecule has 1 atom stereocenters. The zero-order chi connectivity index (χ0) is 9.68. The van der Waals surface area contributed by atoms with Crippen molar-refractivity contribution in [2.45, 2.75) is 25.3 Å². The van der Waals surface area contributed by atoms with Crippen LogP contribution in [-0.4, -0.2) is 12.5 Å². The van der Waals surface area contributed by atoms with Crippen molar-refractivity contribution >= 4 is 12.4 Å². The summed E-state index contributed by atoms with van der Waals surface area (Å²) in [6.45, 7) is 0. The standard InChI is InChI=1S/C10H13F2N.ClH/c11-10(12)9(13)7-6-8-4-2-1-3-5-8;/h1-5,9-10H,6-7,13H2;1H. The van der Waals surface area contributed by atoms with Gasteiger partial charge in [0.05, 0.1) is 6.04 Å². The van der Waals surface area contributed by atoms with Crippen molar-refractivity contribution in [2.24, 2.45) is 5.73 Å². The fourth-order valence-corrected chi connectivity index (χ4v) is 1.10. The molecule has 0 bridgehead atoms. The van der Waals surface area contributed by atoms with E-state index in [0.29, 0.717) is 12.8 Å². The van der Waals surface area contributed by atoms with Crippen LogP contribution in [0.3, 0.4) is 0 Å². The summed E-state index contributed by atoms with van der Waals surface area (Å²) in [5.74, 6) is 0. The first-order valence-electron chi connectivity index (χ1n) is 4.28. The third-order valence-corrected chi connectivity index (χ3v) is 1.93. The van der Waals surface area contributed by atoms with Gasteiger partial charge < -0.3 is 5.73 Å². The van der Waals surface area contributed by atoms with Gasteiger partial charge in [-0.2, -0.15) is 0 Å². The molecule has 0 radical (unpaired) electrons. The number of halogens is 3. The van der Waals surface area contributed by atoms with Crippen LogP contribution in [0.5, 0.6) is 0 Å². The third-order valence-electron chi connectivity index (χ3n) is 1.93. The van der Waals surface area contributed by atoms with Gasteiger partial charge in [0, 0.05) is 0 Å². The molecule has 80 valence electrons. The normalized spacial score (nSPS) is 12.3. The molecule has 1 unspecified atom stereocenters. The lowest BCUT2D eigenvalue weighted by atomic mass is 10.1. The van der Waals surface area contributed by atoms with E-state index in [9.17, 15) is 8.78 Å². The number of benzene rings is 1. The summed E-state index contributed by atoms with van der Waals surface area (Å²) in [6, 6.07) is 8.51. The van der Waals surface area contributed by atoms with Crippen molar-refractivity contribution in [3.8, 4) is 0 Å². The van der Waals surface area contributed by atoms with Crippen LogP contribution in [0.15, 0.2) is 30.3 Å². The van der Waals surface area contributed by atoms with Crippen molar-refractivity contribution in [3.05, 3.63) is 35.9 Å². The molecule has 0 aromatic heterocycles. The Hall–Kier alpha value is -0.670. The highest BCUT2D eigenvalue weighted by Gasteiger charge is 2.14. The van der Waals surface area contributed by atoms with Crippen molar-refractivity contribution < 1.29 is 8.78 Å². The van der Waals surface area contributed by atoms with E-state index in [0.717, 1.165) is 5.56 Å². The van der Waals surface area contributed by atoms with Crippen LogP contribution in [0.2, 0.25) is 0 Å². The Labute approximate surface area is 88.7 Å². The van der Waals surface area contributed by atoms with Crippen LogP contribution in [-0.2, 0) is 6.42 Å². The number of nitrogens with two attached hydrogens (primary N) is 1. The first-order valence-corrected chi connectivity index (χ1v) is 4.28. The lowest BCUT2D eigenvalue weighted by molar-refractivity contribution is 0.112. The molecule has 1 nitrogen and oxygen atoms in total. The highest BCUT2D eigenvalue weighted by atomic mass is 35.5. The maximum absolute atomic E-state index is 12.0. The molecule has 2 N–H and O–H groups in total. The van der Waals surface area contributed by atoms with Crippen LogP contribution in [0.4, 0.5) is 8.78 Å². The molecule has 0 fully saturated rings. The van der Waals surface area contributed by atoms with Crippen molar-refractivity contribution in [1.29, 1.82) is 0 Å². The Bertz CT molecular complexity index is 241. The topological polar surface area (TPSA) is 26.0 Å². The average molecular weight is 222 g/mol. The van der Waals surface area contributed by atoms with E-state index in [2.05, 4.69) is 0 Å². The molecule has 0 spiro atoms. The molecule has 1 aromatic carbocycles. The van der Waals surface area contributed by atoms with E-state index in [4.69, 9.17) is 5.73 Å². The summed E-state index contributed by atoms with van der Waals surface area (Å²) < 4.78 is 24.0. The summed E-state index contributed by atoms with van der Waals surface area (Å²) in [7, 11) is 0. The molecule has 0 aliphatic heterocycles. The summed E-state index contributed by atoms with van der Waals surface area (Å²) in [4.78, 5) is 0. The minimum absolute atomic E-state index is 0. The zero-order valence-corrected chi connectivity index (χ0v) is 8.51. The number of hydrogen-bond acceptors (Lipinski definition) is 1. The summed E-state index contributed by atoms with van der Waals surface area (Å²) >= 11 is 0. The molecule has 0 saturated carbocycles. The van der Waals surface area contributed by atoms with E-state index in [1.807, 2.05) is 30.3 Å². The summed E-state index contributed by atoms with van der Waals surface area (Å²) in [5.41, 5.74) is 6.27. The molecule has 14 heavy (non-hydrogen) atoms. The van der Waals surface area contributed by atoms with Gasteiger partial charge in [-0.15, -0.1) is 12.4 Å². The Kier molecular flexibility index (Phi) is 6.41. The average Bonchev–Trinajstić information content (AvgIpc) is 2.15. The summed E-state index contributed by atoms with van der Waals surface area (Å²) in [6.07, 6.45) is -1.46. The molecule has 1 aromatic rings. The van der Waals surface area contributed by atoms with Crippen LogP contribution in [0.25, 0.3) is 0 Å². The number of alkyl halides is 2. The molecule has 0 saturated heterocycles. The van der Waals surface area contributed by atoms with Gasteiger partial charge in [0.25, 0.3) is 6.43 Å². The van der Waals surface area contributed by atoms with E-state index in [-0.39, 0.29) is 12.4 Å². The smallest absolute Gasteiger partial charge is 0.253 e. The maximum Gasteiger partial charge on any atom is 0.253 e. The Morgan fingerprint density at radius 2 is 1.71 bits per heavy atom. The summed E-state index contributed by atoms with van der Waals surface area (Å²) in [5, 5.41) is 0. The van der Waals surface area contributed by atoms with Crippen LogP contribution < -0.4 is 5.73 Å². The number of rotatable bonds is 4. The van der Waals surface area contributed by atoms with Gasteiger partial charge in [0.15, 0.2) is 0 Å². The van der Waals surface area contributed by atoms with Gasteiger partial charge in [0.1, 0.15) is 0 Å². The van der Waals surface area contributed by atoms with E-state index in [1.165, 1.54) is 0 Å². The first kappa shape index (κ1) is 13.3. The van der Waals surface area contributed by atoms with Gasteiger partial charge >= 0.3 is 0 Å². The maximum atomic E-state index is 12.0. The Morgan fingerprint density at radius 3 is 2.21 bits per heavy atom. The largest absolute Gasteiger partial charge is 0.323 e. The van der Waals surface area contributed by atoms with Gasteiger partial charge in [-0.25, -0.2) is 8.78 Å². The van der Waals surface area contributed by atoms with E-state index >= 15 is 0 Å². The molecule has 4 heteroatoms. The highest BCUT2D eigenvalue weighted by molar-refractivity contribution is 5.85. The third kappa shape index (κ3) is 4.53. The van der Waals surface area contributed by atoms with Crippen LogP contribution >= 0.6 is 12.4 Å².